The van der Waals surface area contributed by atoms with E-state index in [2.05, 4.69) is 4.98 Å². The Balaban J connectivity index is 1.90. The number of carbonyl (C=O) groups excluding carboxylic acids is 1. The van der Waals surface area contributed by atoms with E-state index >= 15 is 0 Å². The summed E-state index contributed by atoms with van der Waals surface area (Å²) in [6.45, 7) is 5.06. The second kappa shape index (κ2) is 9.61. The topological polar surface area (TPSA) is 64.4 Å². The SMILES string of the molecule is CCOCCOCCOC(=O)CC[n+]1cc[nH]c1. The first-order valence-electron chi connectivity index (χ1n) is 6.16. The molecular formula is C12H21N2O4+. The van der Waals surface area contributed by atoms with Gasteiger partial charge in [-0.05, 0) is 6.92 Å². The fraction of sp³-hybridized carbons (Fsp3) is 0.667. The van der Waals surface area contributed by atoms with Crippen molar-refractivity contribution in [1.29, 1.82) is 0 Å². The highest BCUT2D eigenvalue weighted by Crippen LogP contribution is 1.88. The molecule has 18 heavy (non-hydrogen) atoms. The smallest absolute Gasteiger partial charge is 0.309 e. The average Bonchev–Trinajstić information content (AvgIpc) is 2.88. The van der Waals surface area contributed by atoms with Crippen molar-refractivity contribution in [3.8, 4) is 0 Å². The summed E-state index contributed by atoms with van der Waals surface area (Å²) in [4.78, 5) is 14.3. The molecule has 0 aromatic carbocycles. The highest BCUT2D eigenvalue weighted by atomic mass is 16.6. The number of nitrogens with one attached hydrogen (secondary N) is 1. The molecule has 0 radical (unpaired) electrons. The van der Waals surface area contributed by atoms with Crippen LogP contribution in [0.4, 0.5) is 0 Å². The lowest BCUT2D eigenvalue weighted by Gasteiger charge is -2.05. The summed E-state index contributed by atoms with van der Waals surface area (Å²) < 4.78 is 17.2. The van der Waals surface area contributed by atoms with E-state index in [-0.39, 0.29) is 5.97 Å². The Hall–Kier alpha value is -1.40. The number of rotatable bonds is 10. The van der Waals surface area contributed by atoms with E-state index < -0.39 is 0 Å². The lowest BCUT2D eigenvalue weighted by Crippen LogP contribution is -2.32. The molecule has 0 unspecified atom stereocenters. The first kappa shape index (κ1) is 14.7. The second-order valence-corrected chi connectivity index (χ2v) is 3.63. The molecule has 0 fully saturated rings. The molecule has 0 spiro atoms. The maximum Gasteiger partial charge on any atom is 0.309 e. The van der Waals surface area contributed by atoms with Crippen molar-refractivity contribution in [3.05, 3.63) is 18.7 Å². The van der Waals surface area contributed by atoms with Gasteiger partial charge in [-0.25, -0.2) is 4.57 Å². The Labute approximate surface area is 107 Å². The fourth-order valence-corrected chi connectivity index (χ4v) is 1.33. The van der Waals surface area contributed by atoms with Crippen molar-refractivity contribution in [3.63, 3.8) is 0 Å². The summed E-state index contributed by atoms with van der Waals surface area (Å²) in [6.07, 6.45) is 5.83. The quantitative estimate of drug-likeness (QED) is 0.372. The number of ether oxygens (including phenoxy) is 3. The monoisotopic (exact) mass is 257 g/mol. The molecule has 0 bridgehead atoms. The highest BCUT2D eigenvalue weighted by molar-refractivity contribution is 5.68. The number of aryl methyl sites for hydroxylation is 1. The summed E-state index contributed by atoms with van der Waals surface area (Å²) in [5.74, 6) is -0.211. The molecule has 0 amide bonds. The summed E-state index contributed by atoms with van der Waals surface area (Å²) in [7, 11) is 0. The Bertz CT molecular complexity index is 314. The number of aromatic amines is 1. The summed E-state index contributed by atoms with van der Waals surface area (Å²) in [5.41, 5.74) is 0. The van der Waals surface area contributed by atoms with Gasteiger partial charge in [0.2, 0.25) is 6.33 Å². The molecule has 0 aliphatic heterocycles. The number of aromatic nitrogens is 2. The van der Waals surface area contributed by atoms with E-state index in [1.807, 2.05) is 17.7 Å². The van der Waals surface area contributed by atoms with Crippen LogP contribution >= 0.6 is 0 Å². The second-order valence-electron chi connectivity index (χ2n) is 3.63. The van der Waals surface area contributed by atoms with Crippen molar-refractivity contribution in [1.82, 2.24) is 4.98 Å². The minimum atomic E-state index is -0.211. The van der Waals surface area contributed by atoms with E-state index in [9.17, 15) is 4.79 Å². The lowest BCUT2D eigenvalue weighted by molar-refractivity contribution is -0.694. The highest BCUT2D eigenvalue weighted by Gasteiger charge is 2.05. The maximum absolute atomic E-state index is 11.3. The van der Waals surface area contributed by atoms with Gasteiger partial charge in [-0.2, -0.15) is 0 Å². The van der Waals surface area contributed by atoms with Gasteiger partial charge < -0.3 is 14.2 Å². The van der Waals surface area contributed by atoms with Gasteiger partial charge in [0.05, 0.1) is 26.2 Å². The number of nitrogens with zero attached hydrogens (tertiary/aromatic N) is 1. The van der Waals surface area contributed by atoms with Crippen molar-refractivity contribution in [2.75, 3.05) is 33.0 Å². The van der Waals surface area contributed by atoms with E-state index in [1.165, 1.54) is 0 Å². The van der Waals surface area contributed by atoms with Crippen LogP contribution in [0.1, 0.15) is 13.3 Å². The van der Waals surface area contributed by atoms with Crippen LogP contribution in [0.25, 0.3) is 0 Å². The van der Waals surface area contributed by atoms with Crippen LogP contribution in [0, 0.1) is 0 Å². The fourth-order valence-electron chi connectivity index (χ4n) is 1.33. The molecule has 0 aliphatic carbocycles. The Morgan fingerprint density at radius 2 is 2.00 bits per heavy atom. The van der Waals surface area contributed by atoms with Crippen LogP contribution in [0.5, 0.6) is 0 Å². The molecule has 1 heterocycles. The van der Waals surface area contributed by atoms with Crippen LogP contribution in [-0.4, -0.2) is 44.0 Å². The average molecular weight is 257 g/mol. The number of imidazole rings is 1. The lowest BCUT2D eigenvalue weighted by atomic mass is 10.4. The number of H-pyrrole nitrogens is 1. The zero-order chi connectivity index (χ0) is 13.1. The normalized spacial score (nSPS) is 10.5. The van der Waals surface area contributed by atoms with Gasteiger partial charge in [0.15, 0.2) is 0 Å². The van der Waals surface area contributed by atoms with Crippen molar-refractivity contribution in [2.45, 2.75) is 19.9 Å². The predicted molar refractivity (Wildman–Crippen MR) is 63.9 cm³/mol. The molecular weight excluding hydrogens is 236 g/mol. The van der Waals surface area contributed by atoms with Crippen LogP contribution in [0.3, 0.4) is 0 Å². The number of carbonyl (C=O) groups is 1. The first-order valence-corrected chi connectivity index (χ1v) is 6.16. The molecule has 1 N–H and O–H groups in total. The molecule has 1 rings (SSSR count). The molecule has 0 aliphatic rings. The largest absolute Gasteiger partial charge is 0.463 e. The van der Waals surface area contributed by atoms with Gasteiger partial charge >= 0.3 is 5.97 Å². The number of hydrogen-bond donors (Lipinski definition) is 1. The van der Waals surface area contributed by atoms with Crippen LogP contribution < -0.4 is 4.57 Å². The summed E-state index contributed by atoms with van der Waals surface area (Å²) >= 11 is 0. The maximum atomic E-state index is 11.3. The molecule has 1 aromatic heterocycles. The first-order chi connectivity index (χ1) is 8.83. The third-order valence-corrected chi connectivity index (χ3v) is 2.24. The minimum absolute atomic E-state index is 0.211. The molecule has 0 saturated carbocycles. The van der Waals surface area contributed by atoms with E-state index in [0.717, 1.165) is 0 Å². The van der Waals surface area contributed by atoms with Gasteiger partial charge in [0.25, 0.3) is 0 Å². The molecule has 6 heteroatoms. The zero-order valence-electron chi connectivity index (χ0n) is 10.8. The zero-order valence-corrected chi connectivity index (χ0v) is 10.8. The number of hydrogen-bond acceptors (Lipinski definition) is 4. The minimum Gasteiger partial charge on any atom is -0.463 e. The van der Waals surface area contributed by atoms with Gasteiger partial charge in [0, 0.05) is 6.61 Å². The third-order valence-electron chi connectivity index (χ3n) is 2.24. The van der Waals surface area contributed by atoms with Crippen LogP contribution in [0.15, 0.2) is 18.7 Å². The Morgan fingerprint density at radius 1 is 1.22 bits per heavy atom. The summed E-state index contributed by atoms with van der Waals surface area (Å²) in [6, 6.07) is 0. The number of esters is 1. The van der Waals surface area contributed by atoms with Gasteiger partial charge in [-0.3, -0.25) is 9.78 Å². The standard InChI is InChI=1S/C12H20N2O4/c1-2-16-7-8-17-9-10-18-12(15)3-5-14-6-4-13-11-14/h4,6,11H,2-3,5,7-10H2,1H3/p+1. The Kier molecular flexibility index (Phi) is 7.83. The third kappa shape index (κ3) is 7.03. The van der Waals surface area contributed by atoms with Crippen molar-refractivity contribution < 1.29 is 23.6 Å². The molecule has 6 nitrogen and oxygen atoms in total. The molecule has 0 atom stereocenters. The molecule has 0 saturated heterocycles. The van der Waals surface area contributed by atoms with Gasteiger partial charge in [0.1, 0.15) is 25.5 Å². The van der Waals surface area contributed by atoms with E-state index in [0.29, 0.717) is 46.0 Å². The summed E-state index contributed by atoms with van der Waals surface area (Å²) in [5, 5.41) is 0. The van der Waals surface area contributed by atoms with Crippen molar-refractivity contribution in [2.24, 2.45) is 0 Å². The molecule has 1 aromatic rings. The van der Waals surface area contributed by atoms with E-state index in [1.54, 1.807) is 12.5 Å². The van der Waals surface area contributed by atoms with Gasteiger partial charge in [-0.15, -0.1) is 0 Å². The Morgan fingerprint density at radius 3 is 2.72 bits per heavy atom. The van der Waals surface area contributed by atoms with E-state index in [4.69, 9.17) is 14.2 Å². The van der Waals surface area contributed by atoms with Gasteiger partial charge in [-0.1, -0.05) is 0 Å². The van der Waals surface area contributed by atoms with Crippen LogP contribution in [-0.2, 0) is 25.5 Å². The van der Waals surface area contributed by atoms with Crippen LogP contribution in [0.2, 0.25) is 0 Å². The predicted octanol–water partition coefficient (Wildman–Crippen LogP) is 0.289. The molecule has 102 valence electrons. The van der Waals surface area contributed by atoms with Crippen molar-refractivity contribution >= 4 is 5.97 Å².